The van der Waals surface area contributed by atoms with Crippen LogP contribution in [0.3, 0.4) is 0 Å². The molecule has 1 aromatic carbocycles. The summed E-state index contributed by atoms with van der Waals surface area (Å²) in [7, 11) is 4.69. The van der Waals surface area contributed by atoms with Crippen LogP contribution in [0.1, 0.15) is 79.0 Å². The van der Waals surface area contributed by atoms with Crippen LogP contribution < -0.4 is 0 Å². The lowest BCUT2D eigenvalue weighted by Gasteiger charge is -2.44. The molecule has 1 nitrogen and oxygen atoms in total. The summed E-state index contributed by atoms with van der Waals surface area (Å²) in [6, 6.07) is 6.90. The van der Waals surface area contributed by atoms with Crippen LogP contribution in [0.5, 0.6) is 0 Å². The van der Waals surface area contributed by atoms with E-state index >= 15 is 0 Å². The van der Waals surface area contributed by atoms with Gasteiger partial charge in [-0.3, -0.25) is 0 Å². The SMILES string of the molecule is CC(C)(C)c1cccc(C[N+](C)(C)C(C)(C)C)c1C(C)(C)C. The minimum absolute atomic E-state index is 0.164. The fourth-order valence-corrected chi connectivity index (χ4v) is 2.91. The standard InChI is InChI=1S/C21H38N/c1-19(2,3)17-14-12-13-16(18(17)20(4,5)6)15-22(10,11)21(7,8)9/h12-14H,15H2,1-11H3/q+1. The number of nitrogens with zero attached hydrogens (tertiary/aromatic N) is 1. The first-order valence-corrected chi connectivity index (χ1v) is 8.53. The van der Waals surface area contributed by atoms with Crippen molar-refractivity contribution in [3.63, 3.8) is 0 Å². The van der Waals surface area contributed by atoms with E-state index in [9.17, 15) is 0 Å². The minimum atomic E-state index is 0.164. The number of benzene rings is 1. The van der Waals surface area contributed by atoms with Crippen molar-refractivity contribution in [2.24, 2.45) is 0 Å². The van der Waals surface area contributed by atoms with Crippen molar-refractivity contribution in [3.05, 3.63) is 34.9 Å². The van der Waals surface area contributed by atoms with E-state index in [-0.39, 0.29) is 16.4 Å². The molecule has 0 spiro atoms. The van der Waals surface area contributed by atoms with Gasteiger partial charge in [-0.15, -0.1) is 0 Å². The van der Waals surface area contributed by atoms with E-state index in [0.717, 1.165) is 11.0 Å². The van der Waals surface area contributed by atoms with Crippen molar-refractivity contribution in [1.82, 2.24) is 0 Å². The Labute approximate surface area is 139 Å². The van der Waals surface area contributed by atoms with E-state index in [0.29, 0.717) is 0 Å². The molecule has 22 heavy (non-hydrogen) atoms. The molecule has 0 aliphatic heterocycles. The first kappa shape index (κ1) is 19.2. The van der Waals surface area contributed by atoms with Crippen LogP contribution in [0.25, 0.3) is 0 Å². The number of hydrogen-bond donors (Lipinski definition) is 0. The molecule has 0 saturated carbocycles. The van der Waals surface area contributed by atoms with Gasteiger partial charge in [-0.25, -0.2) is 0 Å². The molecule has 0 amide bonds. The maximum atomic E-state index is 2.35. The Morgan fingerprint density at radius 1 is 0.773 bits per heavy atom. The van der Waals surface area contributed by atoms with E-state index in [1.54, 1.807) is 0 Å². The van der Waals surface area contributed by atoms with Crippen molar-refractivity contribution >= 4 is 0 Å². The first-order chi connectivity index (χ1) is 9.57. The van der Waals surface area contributed by atoms with Gasteiger partial charge in [0.1, 0.15) is 6.54 Å². The van der Waals surface area contributed by atoms with Crippen LogP contribution in [0.4, 0.5) is 0 Å². The van der Waals surface area contributed by atoms with Crippen molar-refractivity contribution in [3.8, 4) is 0 Å². The molecular weight excluding hydrogens is 266 g/mol. The average Bonchev–Trinajstić information content (AvgIpc) is 2.23. The second-order valence-corrected chi connectivity index (χ2v) is 10.4. The molecule has 0 N–H and O–H groups in total. The summed E-state index contributed by atoms with van der Waals surface area (Å²) in [6.07, 6.45) is 0. The van der Waals surface area contributed by atoms with Gasteiger partial charge in [-0.05, 0) is 42.7 Å². The molecule has 0 heterocycles. The molecule has 0 aliphatic carbocycles. The third kappa shape index (κ3) is 4.13. The largest absolute Gasteiger partial charge is 0.321 e. The average molecular weight is 305 g/mol. The van der Waals surface area contributed by atoms with E-state index in [1.165, 1.54) is 16.7 Å². The van der Waals surface area contributed by atoms with E-state index in [1.807, 2.05) is 0 Å². The summed E-state index contributed by atoms with van der Waals surface area (Å²) in [5, 5.41) is 0. The summed E-state index contributed by atoms with van der Waals surface area (Å²) in [5.74, 6) is 0. The molecule has 1 aromatic rings. The predicted molar refractivity (Wildman–Crippen MR) is 99.4 cm³/mol. The fourth-order valence-electron chi connectivity index (χ4n) is 2.91. The Bertz CT molecular complexity index is 516. The van der Waals surface area contributed by atoms with Crippen LogP contribution in [-0.4, -0.2) is 24.1 Å². The highest BCUT2D eigenvalue weighted by Crippen LogP contribution is 2.37. The predicted octanol–water partition coefficient (Wildman–Crippen LogP) is 5.66. The van der Waals surface area contributed by atoms with Crippen molar-refractivity contribution < 1.29 is 4.48 Å². The Kier molecular flexibility index (Phi) is 4.96. The van der Waals surface area contributed by atoms with Gasteiger partial charge in [-0.1, -0.05) is 59.7 Å². The second-order valence-electron chi connectivity index (χ2n) is 10.4. The lowest BCUT2D eigenvalue weighted by Crippen LogP contribution is -2.53. The minimum Gasteiger partial charge on any atom is -0.321 e. The van der Waals surface area contributed by atoms with Crippen molar-refractivity contribution in [2.45, 2.75) is 85.2 Å². The normalized spacial score (nSPS) is 14.3. The van der Waals surface area contributed by atoms with E-state index in [2.05, 4.69) is 94.6 Å². The van der Waals surface area contributed by atoms with Crippen LogP contribution in [0.2, 0.25) is 0 Å². The molecule has 0 bridgehead atoms. The van der Waals surface area contributed by atoms with Gasteiger partial charge < -0.3 is 4.48 Å². The Balaban J connectivity index is 3.51. The highest BCUT2D eigenvalue weighted by Gasteiger charge is 2.35. The molecule has 0 aromatic heterocycles. The van der Waals surface area contributed by atoms with Crippen LogP contribution in [0.15, 0.2) is 18.2 Å². The van der Waals surface area contributed by atoms with Gasteiger partial charge in [0.2, 0.25) is 0 Å². The zero-order valence-electron chi connectivity index (χ0n) is 16.9. The molecule has 1 heteroatoms. The van der Waals surface area contributed by atoms with Gasteiger partial charge in [-0.2, -0.15) is 0 Å². The van der Waals surface area contributed by atoms with E-state index < -0.39 is 0 Å². The maximum absolute atomic E-state index is 2.35. The summed E-state index contributed by atoms with van der Waals surface area (Å²) in [5.41, 5.74) is 5.10. The molecular formula is C21H38N+. The third-order valence-electron chi connectivity index (χ3n) is 5.09. The zero-order valence-corrected chi connectivity index (χ0v) is 16.9. The highest BCUT2D eigenvalue weighted by atomic mass is 15.4. The van der Waals surface area contributed by atoms with Gasteiger partial charge in [0.15, 0.2) is 0 Å². The Morgan fingerprint density at radius 2 is 1.27 bits per heavy atom. The van der Waals surface area contributed by atoms with Crippen molar-refractivity contribution in [1.29, 1.82) is 0 Å². The van der Waals surface area contributed by atoms with Crippen LogP contribution in [0, 0.1) is 0 Å². The number of hydrogen-bond acceptors (Lipinski definition) is 0. The second kappa shape index (κ2) is 5.67. The lowest BCUT2D eigenvalue weighted by molar-refractivity contribution is -0.948. The van der Waals surface area contributed by atoms with E-state index in [4.69, 9.17) is 0 Å². The molecule has 0 saturated heterocycles. The summed E-state index contributed by atoms with van der Waals surface area (Å²) in [4.78, 5) is 0. The first-order valence-electron chi connectivity index (χ1n) is 8.53. The molecule has 126 valence electrons. The summed E-state index contributed by atoms with van der Waals surface area (Å²) in [6.45, 7) is 22.1. The van der Waals surface area contributed by atoms with Gasteiger partial charge in [0.25, 0.3) is 0 Å². The topological polar surface area (TPSA) is 0 Å². The quantitative estimate of drug-likeness (QED) is 0.619. The Morgan fingerprint density at radius 3 is 1.64 bits per heavy atom. The molecule has 0 aliphatic rings. The highest BCUT2D eigenvalue weighted by molar-refractivity contribution is 5.43. The van der Waals surface area contributed by atoms with Gasteiger partial charge in [0.05, 0.1) is 19.6 Å². The third-order valence-corrected chi connectivity index (χ3v) is 5.09. The Hall–Kier alpha value is -0.820. The van der Waals surface area contributed by atoms with Crippen LogP contribution >= 0.6 is 0 Å². The fraction of sp³-hybridized carbons (Fsp3) is 0.714. The molecule has 0 unspecified atom stereocenters. The molecule has 0 atom stereocenters. The van der Waals surface area contributed by atoms with Crippen molar-refractivity contribution in [2.75, 3.05) is 14.1 Å². The number of quaternary nitrogens is 1. The smallest absolute Gasteiger partial charge is 0.105 e. The molecule has 0 radical (unpaired) electrons. The lowest BCUT2D eigenvalue weighted by atomic mass is 9.73. The monoisotopic (exact) mass is 304 g/mol. The summed E-state index contributed by atoms with van der Waals surface area (Å²) >= 11 is 0. The molecule has 0 fully saturated rings. The zero-order chi connectivity index (χ0) is 17.6. The summed E-state index contributed by atoms with van der Waals surface area (Å²) < 4.78 is 0.990. The van der Waals surface area contributed by atoms with Gasteiger partial charge >= 0.3 is 0 Å². The molecule has 1 rings (SSSR count). The maximum Gasteiger partial charge on any atom is 0.105 e. The number of rotatable bonds is 2. The van der Waals surface area contributed by atoms with Crippen LogP contribution in [-0.2, 0) is 17.4 Å². The van der Waals surface area contributed by atoms with Gasteiger partial charge in [0, 0.05) is 5.56 Å².